The summed E-state index contributed by atoms with van der Waals surface area (Å²) in [5.41, 5.74) is 7.27. The van der Waals surface area contributed by atoms with Crippen molar-refractivity contribution >= 4 is 11.9 Å². The molecule has 3 unspecified atom stereocenters. The van der Waals surface area contributed by atoms with Crippen molar-refractivity contribution in [3.63, 3.8) is 0 Å². The van der Waals surface area contributed by atoms with E-state index >= 15 is 0 Å². The maximum Gasteiger partial charge on any atom is 0.262 e. The third-order valence-corrected chi connectivity index (χ3v) is 8.39. The summed E-state index contributed by atoms with van der Waals surface area (Å²) in [5.74, 6) is 3.55. The average Bonchev–Trinajstić information content (AvgIpc) is 2.91. The number of benzene rings is 1. The van der Waals surface area contributed by atoms with Gasteiger partial charge in [-0.3, -0.25) is 9.69 Å². The highest BCUT2D eigenvalue weighted by atomic mass is 16.5. The van der Waals surface area contributed by atoms with Gasteiger partial charge in [-0.05, 0) is 86.5 Å². The second-order valence-corrected chi connectivity index (χ2v) is 9.66. The summed E-state index contributed by atoms with van der Waals surface area (Å²) in [6, 6.07) is 6.14. The van der Waals surface area contributed by atoms with Gasteiger partial charge >= 0.3 is 0 Å². The normalized spacial score (nSPS) is 39.2. The van der Waals surface area contributed by atoms with Crippen molar-refractivity contribution < 1.29 is 9.53 Å². The number of ether oxygens (including phenoxy) is 1. The molecule has 3 aliphatic carbocycles. The predicted molar refractivity (Wildman–Crippen MR) is 109 cm³/mol. The first kappa shape index (κ1) is 18.0. The predicted octanol–water partition coefficient (Wildman–Crippen LogP) is 3.59. The van der Waals surface area contributed by atoms with Crippen molar-refractivity contribution in [3.05, 3.63) is 29.3 Å². The fourth-order valence-electron chi connectivity index (χ4n) is 7.10. The number of fused-ring (bicyclic) bond motifs is 2. The molecule has 0 aromatic heterocycles. The van der Waals surface area contributed by atoms with Gasteiger partial charge in [0.2, 0.25) is 0 Å². The van der Waals surface area contributed by atoms with Crippen LogP contribution in [0.2, 0.25) is 0 Å². The maximum atomic E-state index is 13.8. The molecule has 5 nitrogen and oxygen atoms in total. The first-order valence-corrected chi connectivity index (χ1v) is 10.7. The van der Waals surface area contributed by atoms with Crippen LogP contribution in [0.3, 0.4) is 0 Å². The zero-order valence-electron chi connectivity index (χ0n) is 17.2. The zero-order chi connectivity index (χ0) is 19.7. The van der Waals surface area contributed by atoms with Gasteiger partial charge in [0.25, 0.3) is 5.91 Å². The molecule has 1 aromatic carbocycles. The van der Waals surface area contributed by atoms with E-state index in [1.807, 2.05) is 19.1 Å². The largest absolute Gasteiger partial charge is 0.496 e. The molecule has 5 heteroatoms. The standard InChI is InChI=1S/C23H31N3O2/c1-14-10-18(6-7-19(14)28-3)23(20(27)26(2)21(24)25-23)22-9-8-16-5-4-15(12-22)11-17(16)13-22/h6-7,10,15-17H,4-5,8-9,11-13H2,1-3H3,(H2,24,25)/t15?,16?,17?,22-,23-/m1/s1. The van der Waals surface area contributed by atoms with Crippen molar-refractivity contribution in [2.75, 3.05) is 14.2 Å². The van der Waals surface area contributed by atoms with Crippen molar-refractivity contribution in [2.45, 2.75) is 57.4 Å². The Labute approximate surface area is 167 Å². The second kappa shape index (κ2) is 5.98. The molecule has 3 saturated carbocycles. The van der Waals surface area contributed by atoms with Crippen LogP contribution in [0.1, 0.15) is 56.1 Å². The molecule has 5 atom stereocenters. The number of carbonyl (C=O) groups excluding carboxylic acids is 1. The Morgan fingerprint density at radius 3 is 2.71 bits per heavy atom. The van der Waals surface area contributed by atoms with Crippen LogP contribution < -0.4 is 10.5 Å². The third kappa shape index (κ3) is 2.19. The number of amides is 1. The summed E-state index contributed by atoms with van der Waals surface area (Å²) in [6.07, 6.45) is 8.52. The first-order chi connectivity index (χ1) is 13.4. The molecular formula is C23H31N3O2. The third-order valence-electron chi connectivity index (χ3n) is 8.39. The SMILES string of the molecule is COc1ccc([C@@]2([C@@]34CCC5CCC(CC5C3)C4)N=C(N)N(C)C2=O)cc1C. The number of hydrogen-bond acceptors (Lipinski definition) is 4. The monoisotopic (exact) mass is 381 g/mol. The molecule has 3 fully saturated rings. The van der Waals surface area contributed by atoms with Gasteiger partial charge in [-0.15, -0.1) is 0 Å². The van der Waals surface area contributed by atoms with Gasteiger partial charge < -0.3 is 10.5 Å². The van der Waals surface area contributed by atoms with E-state index in [1.165, 1.54) is 25.7 Å². The molecule has 0 spiro atoms. The molecule has 4 aliphatic rings. The Bertz CT molecular complexity index is 861. The quantitative estimate of drug-likeness (QED) is 0.870. The Morgan fingerprint density at radius 1 is 1.21 bits per heavy atom. The summed E-state index contributed by atoms with van der Waals surface area (Å²) in [5, 5.41) is 0. The number of likely N-dealkylation sites (N-methyl/N-ethyl adjacent to an activating group) is 1. The van der Waals surface area contributed by atoms with Gasteiger partial charge in [0.05, 0.1) is 7.11 Å². The number of aliphatic imine (C=N–C) groups is 1. The molecule has 2 N–H and O–H groups in total. The highest BCUT2D eigenvalue weighted by molar-refractivity contribution is 6.07. The summed E-state index contributed by atoms with van der Waals surface area (Å²) >= 11 is 0. The summed E-state index contributed by atoms with van der Waals surface area (Å²) in [6.45, 7) is 2.04. The summed E-state index contributed by atoms with van der Waals surface area (Å²) in [4.78, 5) is 20.4. The molecule has 28 heavy (non-hydrogen) atoms. The Hall–Kier alpha value is -2.04. The molecular weight excluding hydrogens is 350 g/mol. The van der Waals surface area contributed by atoms with Crippen LogP contribution in [0, 0.1) is 30.1 Å². The van der Waals surface area contributed by atoms with Gasteiger partial charge in [0, 0.05) is 12.5 Å². The fourth-order valence-corrected chi connectivity index (χ4v) is 7.10. The topological polar surface area (TPSA) is 67.9 Å². The van der Waals surface area contributed by atoms with Crippen LogP contribution in [0.25, 0.3) is 0 Å². The van der Waals surface area contributed by atoms with Crippen molar-refractivity contribution in [1.82, 2.24) is 4.90 Å². The lowest BCUT2D eigenvalue weighted by Crippen LogP contribution is -2.58. The number of rotatable bonds is 3. The molecule has 1 aromatic rings. The van der Waals surface area contributed by atoms with Crippen molar-refractivity contribution in [3.8, 4) is 5.75 Å². The maximum absolute atomic E-state index is 13.8. The van der Waals surface area contributed by atoms with E-state index in [1.54, 1.807) is 19.1 Å². The summed E-state index contributed by atoms with van der Waals surface area (Å²) in [7, 11) is 3.45. The summed E-state index contributed by atoms with van der Waals surface area (Å²) < 4.78 is 5.47. The van der Waals surface area contributed by atoms with Crippen LogP contribution in [0.5, 0.6) is 5.75 Å². The van der Waals surface area contributed by atoms with Crippen LogP contribution in [-0.4, -0.2) is 30.9 Å². The number of nitrogens with two attached hydrogens (primary N) is 1. The van der Waals surface area contributed by atoms with E-state index in [-0.39, 0.29) is 11.3 Å². The van der Waals surface area contributed by atoms with Crippen LogP contribution >= 0.6 is 0 Å². The molecule has 1 heterocycles. The first-order valence-electron chi connectivity index (χ1n) is 10.7. The number of hydrogen-bond donors (Lipinski definition) is 1. The van der Waals surface area contributed by atoms with Gasteiger partial charge in [-0.25, -0.2) is 4.99 Å². The highest BCUT2D eigenvalue weighted by Crippen LogP contribution is 2.66. The number of aryl methyl sites for hydroxylation is 1. The van der Waals surface area contributed by atoms with E-state index < -0.39 is 5.54 Å². The lowest BCUT2D eigenvalue weighted by atomic mass is 9.45. The van der Waals surface area contributed by atoms with Gasteiger partial charge in [-0.1, -0.05) is 12.5 Å². The minimum atomic E-state index is -0.887. The molecule has 0 saturated heterocycles. The van der Waals surface area contributed by atoms with Crippen molar-refractivity contribution in [2.24, 2.45) is 33.9 Å². The van der Waals surface area contributed by atoms with E-state index in [0.717, 1.165) is 53.9 Å². The van der Waals surface area contributed by atoms with Gasteiger partial charge in [0.15, 0.2) is 11.5 Å². The van der Waals surface area contributed by atoms with Gasteiger partial charge in [-0.2, -0.15) is 0 Å². The average molecular weight is 382 g/mol. The lowest BCUT2D eigenvalue weighted by Gasteiger charge is -2.59. The van der Waals surface area contributed by atoms with E-state index in [4.69, 9.17) is 15.5 Å². The second-order valence-electron chi connectivity index (χ2n) is 9.66. The number of methoxy groups -OCH3 is 1. The molecule has 5 rings (SSSR count). The zero-order valence-corrected chi connectivity index (χ0v) is 17.2. The lowest BCUT2D eigenvalue weighted by molar-refractivity contribution is -0.145. The van der Waals surface area contributed by atoms with Gasteiger partial charge in [0.1, 0.15) is 5.75 Å². The fraction of sp³-hybridized carbons (Fsp3) is 0.652. The van der Waals surface area contributed by atoms with Crippen molar-refractivity contribution in [1.29, 1.82) is 0 Å². The number of carbonyl (C=O) groups is 1. The van der Waals surface area contributed by atoms with E-state index in [9.17, 15) is 4.79 Å². The minimum absolute atomic E-state index is 0.0491. The van der Waals surface area contributed by atoms with Crippen LogP contribution in [0.15, 0.2) is 23.2 Å². The Balaban J connectivity index is 1.70. The number of nitrogens with zero attached hydrogens (tertiary/aromatic N) is 2. The van der Waals surface area contributed by atoms with E-state index in [0.29, 0.717) is 5.96 Å². The highest BCUT2D eigenvalue weighted by Gasteiger charge is 2.65. The Kier molecular flexibility index (Phi) is 3.85. The molecule has 3 bridgehead atoms. The van der Waals surface area contributed by atoms with E-state index in [2.05, 4.69) is 6.07 Å². The smallest absolute Gasteiger partial charge is 0.262 e. The molecule has 150 valence electrons. The molecule has 1 aliphatic heterocycles. The molecule has 1 amide bonds. The molecule has 0 radical (unpaired) electrons. The van der Waals surface area contributed by atoms with Crippen LogP contribution in [0.4, 0.5) is 0 Å². The minimum Gasteiger partial charge on any atom is -0.496 e. The Morgan fingerprint density at radius 2 is 2.04 bits per heavy atom. The van der Waals surface area contributed by atoms with Crippen LogP contribution in [-0.2, 0) is 10.3 Å². The number of guanidine groups is 1.